The monoisotopic (exact) mass is 546 g/mol. The molecule has 4 aliphatic rings. The van der Waals surface area contributed by atoms with E-state index in [9.17, 15) is 4.79 Å². The minimum atomic E-state index is 0.262. The summed E-state index contributed by atoms with van der Waals surface area (Å²) in [6, 6.07) is 10.3. The molecule has 0 N–H and O–H groups in total. The molecule has 0 spiro atoms. The number of unbranched alkanes of at least 4 members (excludes halogenated alkanes) is 5. The first kappa shape index (κ1) is 29.2. The van der Waals surface area contributed by atoms with E-state index < -0.39 is 0 Å². The second-order valence-corrected chi connectivity index (χ2v) is 15.4. The van der Waals surface area contributed by atoms with Crippen LogP contribution in [-0.4, -0.2) is 10.4 Å². The smallest absolute Gasteiger partial charge is 0.215 e. The van der Waals surface area contributed by atoms with Crippen molar-refractivity contribution < 1.29 is 4.79 Å². The van der Waals surface area contributed by atoms with Gasteiger partial charge in [-0.3, -0.25) is 4.79 Å². The Bertz CT molecular complexity index is 1040. The predicted octanol–water partition coefficient (Wildman–Crippen LogP) is 11.0. The summed E-state index contributed by atoms with van der Waals surface area (Å²) >= 11 is 1.61. The molecule has 0 amide bonds. The van der Waals surface area contributed by atoms with Gasteiger partial charge in [0.2, 0.25) is 5.12 Å². The number of allylic oxidation sites excluding steroid dienone is 2. The van der Waals surface area contributed by atoms with Crippen LogP contribution in [0.3, 0.4) is 0 Å². The Morgan fingerprint density at radius 2 is 1.72 bits per heavy atom. The van der Waals surface area contributed by atoms with Crippen molar-refractivity contribution in [2.75, 3.05) is 0 Å². The third-order valence-corrected chi connectivity index (χ3v) is 13.2. The van der Waals surface area contributed by atoms with Gasteiger partial charge in [-0.25, -0.2) is 0 Å². The van der Waals surface area contributed by atoms with Crippen molar-refractivity contribution in [3.05, 3.63) is 53.1 Å². The Balaban J connectivity index is 1.19. The van der Waals surface area contributed by atoms with Crippen molar-refractivity contribution in [3.8, 4) is 0 Å². The van der Waals surface area contributed by atoms with Gasteiger partial charge in [-0.2, -0.15) is 0 Å². The summed E-state index contributed by atoms with van der Waals surface area (Å²) in [7, 11) is 0. The molecule has 39 heavy (non-hydrogen) atoms. The third kappa shape index (κ3) is 6.17. The molecular formula is C37H54OS. The number of thioether (sulfide) groups is 1. The fraction of sp³-hybridized carbons (Fsp3) is 0.703. The molecule has 3 saturated carbocycles. The standard InChI is InChI=1S/C37H54OS/c1-5-6-7-8-9-13-16-29-18-20-33-32-19-17-30-26-31(21-23-37(30,4)34(32)22-24-36(29,33)3)39-35(38)27(2)25-28-14-11-10-12-15-28/h10-12,14-15,17,25,29,31-34H,5-9,13,16,18-24,26H2,1-4H3/b27-25+/t29-,31-,32-,33-,34-,36+,37-/m0/s1. The van der Waals surface area contributed by atoms with Gasteiger partial charge in [0.15, 0.2) is 0 Å². The van der Waals surface area contributed by atoms with Crippen LogP contribution in [0.15, 0.2) is 47.6 Å². The summed E-state index contributed by atoms with van der Waals surface area (Å²) in [4.78, 5) is 13.1. The van der Waals surface area contributed by atoms with E-state index in [1.807, 2.05) is 31.2 Å². The fourth-order valence-electron chi connectivity index (χ4n) is 9.58. The first-order valence-corrected chi connectivity index (χ1v) is 17.4. The molecule has 1 nitrogen and oxygen atoms in total. The predicted molar refractivity (Wildman–Crippen MR) is 170 cm³/mol. The van der Waals surface area contributed by atoms with Crippen LogP contribution in [0.4, 0.5) is 0 Å². The number of benzene rings is 1. The van der Waals surface area contributed by atoms with Crippen LogP contribution < -0.4 is 0 Å². The van der Waals surface area contributed by atoms with Crippen molar-refractivity contribution >= 4 is 23.0 Å². The molecule has 0 saturated heterocycles. The van der Waals surface area contributed by atoms with Gasteiger partial charge in [-0.1, -0.05) is 113 Å². The molecule has 0 radical (unpaired) electrons. The number of hydrogen-bond acceptors (Lipinski definition) is 2. The Morgan fingerprint density at radius 3 is 2.51 bits per heavy atom. The van der Waals surface area contributed by atoms with E-state index in [1.165, 1.54) is 89.9 Å². The van der Waals surface area contributed by atoms with Crippen molar-refractivity contribution in [2.45, 2.75) is 129 Å². The summed E-state index contributed by atoms with van der Waals surface area (Å²) < 4.78 is 0. The van der Waals surface area contributed by atoms with E-state index in [4.69, 9.17) is 0 Å². The van der Waals surface area contributed by atoms with Crippen molar-refractivity contribution in [3.63, 3.8) is 0 Å². The van der Waals surface area contributed by atoms with Gasteiger partial charge >= 0.3 is 0 Å². The number of carbonyl (C=O) groups excluding carboxylic acids is 1. The Hall–Kier alpha value is -1.28. The van der Waals surface area contributed by atoms with Gasteiger partial charge in [0, 0.05) is 10.8 Å². The average Bonchev–Trinajstić information content (AvgIpc) is 3.27. The fourth-order valence-corrected chi connectivity index (χ4v) is 10.6. The molecule has 0 heterocycles. The molecule has 5 rings (SSSR count). The first-order chi connectivity index (χ1) is 18.8. The van der Waals surface area contributed by atoms with Gasteiger partial charge in [-0.05, 0) is 111 Å². The van der Waals surface area contributed by atoms with Crippen molar-refractivity contribution in [1.29, 1.82) is 0 Å². The van der Waals surface area contributed by atoms with Crippen LogP contribution in [0.1, 0.15) is 130 Å². The van der Waals surface area contributed by atoms with Crippen LogP contribution in [0.5, 0.6) is 0 Å². The highest BCUT2D eigenvalue weighted by molar-refractivity contribution is 8.14. The lowest BCUT2D eigenvalue weighted by molar-refractivity contribution is -0.107. The van der Waals surface area contributed by atoms with E-state index >= 15 is 0 Å². The molecule has 0 aromatic heterocycles. The second kappa shape index (κ2) is 12.7. The zero-order chi connectivity index (χ0) is 27.5. The van der Waals surface area contributed by atoms with Crippen LogP contribution in [0, 0.1) is 34.5 Å². The maximum Gasteiger partial charge on any atom is 0.215 e. The highest BCUT2D eigenvalue weighted by Gasteiger charge is 2.58. The summed E-state index contributed by atoms with van der Waals surface area (Å²) in [5.41, 5.74) is 4.66. The number of fused-ring (bicyclic) bond motifs is 5. The maximum atomic E-state index is 13.1. The molecule has 3 fully saturated rings. The van der Waals surface area contributed by atoms with E-state index in [-0.39, 0.29) is 5.12 Å². The largest absolute Gasteiger partial charge is 0.282 e. The van der Waals surface area contributed by atoms with E-state index in [0.29, 0.717) is 16.1 Å². The molecule has 1 aromatic carbocycles. The van der Waals surface area contributed by atoms with Gasteiger partial charge in [0.05, 0.1) is 0 Å². The van der Waals surface area contributed by atoms with Crippen LogP contribution >= 0.6 is 11.8 Å². The lowest BCUT2D eigenvalue weighted by Crippen LogP contribution is -2.50. The SMILES string of the molecule is CCCCCCCC[C@H]1CC[C@H]2[C@@H]3CC=C4C[C@@H](SC(=O)/C(C)=C/c5ccccc5)CC[C@]4(C)[C@H]3CC[C@]12C. The summed E-state index contributed by atoms with van der Waals surface area (Å²) in [6.07, 6.45) is 25.6. The van der Waals surface area contributed by atoms with Gasteiger partial charge in [0.25, 0.3) is 0 Å². The minimum absolute atomic E-state index is 0.262. The van der Waals surface area contributed by atoms with E-state index in [2.05, 4.69) is 39.0 Å². The molecule has 2 heteroatoms. The summed E-state index contributed by atoms with van der Waals surface area (Å²) in [5.74, 6) is 3.67. The molecule has 214 valence electrons. The topological polar surface area (TPSA) is 17.1 Å². The Labute approximate surface area is 244 Å². The van der Waals surface area contributed by atoms with Crippen LogP contribution in [0.25, 0.3) is 6.08 Å². The zero-order valence-electron chi connectivity index (χ0n) is 25.4. The van der Waals surface area contributed by atoms with E-state index in [0.717, 1.165) is 41.2 Å². The Morgan fingerprint density at radius 1 is 0.949 bits per heavy atom. The molecule has 7 atom stereocenters. The first-order valence-electron chi connectivity index (χ1n) is 16.5. The number of rotatable bonds is 10. The maximum absolute atomic E-state index is 13.1. The summed E-state index contributed by atoms with van der Waals surface area (Å²) in [6.45, 7) is 9.62. The molecule has 0 bridgehead atoms. The Kier molecular flexibility index (Phi) is 9.52. The van der Waals surface area contributed by atoms with Gasteiger partial charge < -0.3 is 0 Å². The molecular weight excluding hydrogens is 492 g/mol. The average molecular weight is 547 g/mol. The molecule has 1 aromatic rings. The van der Waals surface area contributed by atoms with Crippen LogP contribution in [-0.2, 0) is 4.79 Å². The highest BCUT2D eigenvalue weighted by Crippen LogP contribution is 2.67. The lowest BCUT2D eigenvalue weighted by atomic mass is 9.47. The molecule has 4 aliphatic carbocycles. The van der Waals surface area contributed by atoms with Crippen molar-refractivity contribution in [2.24, 2.45) is 34.5 Å². The summed E-state index contributed by atoms with van der Waals surface area (Å²) in [5, 5.41) is 0.701. The number of carbonyl (C=O) groups is 1. The van der Waals surface area contributed by atoms with Crippen molar-refractivity contribution in [1.82, 2.24) is 0 Å². The lowest BCUT2D eigenvalue weighted by Gasteiger charge is -2.58. The second-order valence-electron chi connectivity index (χ2n) is 14.1. The third-order valence-electron chi connectivity index (χ3n) is 11.9. The van der Waals surface area contributed by atoms with Gasteiger partial charge in [-0.15, -0.1) is 0 Å². The molecule has 0 unspecified atom stereocenters. The van der Waals surface area contributed by atoms with Crippen LogP contribution in [0.2, 0.25) is 0 Å². The number of hydrogen-bond donors (Lipinski definition) is 0. The normalized spacial score (nSPS) is 36.1. The zero-order valence-corrected chi connectivity index (χ0v) is 26.2. The highest BCUT2D eigenvalue weighted by atomic mass is 32.2. The van der Waals surface area contributed by atoms with E-state index in [1.54, 1.807) is 17.3 Å². The molecule has 0 aliphatic heterocycles. The van der Waals surface area contributed by atoms with Gasteiger partial charge in [0.1, 0.15) is 0 Å². The quantitative estimate of drug-likeness (QED) is 0.165. The minimum Gasteiger partial charge on any atom is -0.282 e.